The summed E-state index contributed by atoms with van der Waals surface area (Å²) < 4.78 is 0. The Morgan fingerprint density at radius 2 is 1.88 bits per heavy atom. The Balaban J connectivity index is 1.85. The van der Waals surface area contributed by atoms with E-state index >= 15 is 0 Å². The van der Waals surface area contributed by atoms with Crippen LogP contribution in [-0.4, -0.2) is 4.92 Å². The number of fused-ring (bicyclic) bond motifs is 2. The Morgan fingerprint density at radius 3 is 2.38 bits per heavy atom. The van der Waals surface area contributed by atoms with Crippen LogP contribution >= 0.6 is 0 Å². The minimum Gasteiger partial charge on any atom is -0.258 e. The smallest absolute Gasteiger partial charge is 0.258 e. The molecule has 0 N–H and O–H groups in total. The summed E-state index contributed by atoms with van der Waals surface area (Å²) >= 11 is 0. The third-order valence-corrected chi connectivity index (χ3v) is 3.81. The van der Waals surface area contributed by atoms with Gasteiger partial charge in [0.1, 0.15) is 0 Å². The summed E-state index contributed by atoms with van der Waals surface area (Å²) in [6, 6.07) is 7.06. The molecule has 2 aliphatic rings. The molecular formula is C13H13NO2. The summed E-state index contributed by atoms with van der Waals surface area (Å²) in [4.78, 5) is 10.2. The largest absolute Gasteiger partial charge is 0.269 e. The van der Waals surface area contributed by atoms with E-state index in [1.807, 2.05) is 12.1 Å². The summed E-state index contributed by atoms with van der Waals surface area (Å²) in [5, 5.41) is 10.6. The molecule has 1 saturated carbocycles. The first-order valence-electron chi connectivity index (χ1n) is 5.67. The summed E-state index contributed by atoms with van der Waals surface area (Å²) in [5.41, 5.74) is 1.44. The van der Waals surface area contributed by atoms with Gasteiger partial charge in [0, 0.05) is 12.1 Å². The van der Waals surface area contributed by atoms with Gasteiger partial charge in [-0.05, 0) is 36.2 Å². The summed E-state index contributed by atoms with van der Waals surface area (Å²) in [5.74, 6) is 1.98. The normalized spacial score (nSPS) is 30.9. The fourth-order valence-corrected chi connectivity index (χ4v) is 3.01. The molecule has 16 heavy (non-hydrogen) atoms. The maximum atomic E-state index is 10.6. The molecule has 2 aliphatic carbocycles. The highest BCUT2D eigenvalue weighted by Crippen LogP contribution is 2.48. The average Bonchev–Trinajstić information content (AvgIpc) is 2.91. The first kappa shape index (κ1) is 9.58. The van der Waals surface area contributed by atoms with Crippen molar-refractivity contribution < 1.29 is 4.92 Å². The molecule has 2 bridgehead atoms. The highest BCUT2D eigenvalue weighted by molar-refractivity contribution is 5.36. The molecule has 0 aromatic heterocycles. The zero-order valence-corrected chi connectivity index (χ0v) is 8.87. The van der Waals surface area contributed by atoms with Crippen molar-refractivity contribution >= 4 is 5.69 Å². The second-order valence-electron chi connectivity index (χ2n) is 4.74. The number of nitro groups is 1. The number of hydrogen-bond donors (Lipinski definition) is 0. The van der Waals surface area contributed by atoms with Gasteiger partial charge in [-0.3, -0.25) is 10.1 Å². The van der Waals surface area contributed by atoms with Crippen molar-refractivity contribution in [1.29, 1.82) is 0 Å². The molecule has 3 rings (SSSR count). The molecule has 0 amide bonds. The first-order chi connectivity index (χ1) is 7.74. The zero-order chi connectivity index (χ0) is 11.1. The molecule has 0 heterocycles. The molecular weight excluding hydrogens is 202 g/mol. The van der Waals surface area contributed by atoms with Crippen LogP contribution in [0.5, 0.6) is 0 Å². The summed E-state index contributed by atoms with van der Waals surface area (Å²) in [7, 11) is 0. The van der Waals surface area contributed by atoms with Gasteiger partial charge in [-0.15, -0.1) is 0 Å². The lowest BCUT2D eigenvalue weighted by atomic mass is 9.87. The minimum atomic E-state index is -0.343. The molecule has 3 nitrogen and oxygen atoms in total. The average molecular weight is 215 g/mol. The second kappa shape index (κ2) is 3.44. The van der Waals surface area contributed by atoms with Crippen LogP contribution in [0.25, 0.3) is 0 Å². The predicted octanol–water partition coefficient (Wildman–Crippen LogP) is 3.27. The van der Waals surface area contributed by atoms with Gasteiger partial charge in [-0.2, -0.15) is 0 Å². The van der Waals surface area contributed by atoms with Gasteiger partial charge >= 0.3 is 0 Å². The summed E-state index contributed by atoms with van der Waals surface area (Å²) in [6.07, 6.45) is 7.09. The number of nitrogens with zero attached hydrogens (tertiary/aromatic N) is 1. The van der Waals surface area contributed by atoms with Gasteiger partial charge in [0.15, 0.2) is 0 Å². The molecule has 0 radical (unpaired) electrons. The van der Waals surface area contributed by atoms with Gasteiger partial charge in [0.2, 0.25) is 0 Å². The first-order valence-corrected chi connectivity index (χ1v) is 5.67. The Bertz CT molecular complexity index is 450. The van der Waals surface area contributed by atoms with Crippen LogP contribution in [-0.2, 0) is 0 Å². The molecule has 3 unspecified atom stereocenters. The van der Waals surface area contributed by atoms with Crippen molar-refractivity contribution in [2.75, 3.05) is 0 Å². The van der Waals surface area contributed by atoms with E-state index in [9.17, 15) is 10.1 Å². The van der Waals surface area contributed by atoms with E-state index in [1.165, 1.54) is 18.4 Å². The van der Waals surface area contributed by atoms with E-state index in [0.717, 1.165) is 5.92 Å². The highest BCUT2D eigenvalue weighted by Gasteiger charge is 2.36. The molecule has 0 saturated heterocycles. The van der Waals surface area contributed by atoms with E-state index in [0.29, 0.717) is 11.8 Å². The SMILES string of the molecule is O=[N+]([O-])c1ccc(C2CC3C=CC2C3)cc1. The molecule has 0 spiro atoms. The second-order valence-corrected chi connectivity index (χ2v) is 4.74. The molecule has 3 atom stereocenters. The van der Waals surface area contributed by atoms with E-state index in [-0.39, 0.29) is 10.6 Å². The van der Waals surface area contributed by atoms with E-state index in [4.69, 9.17) is 0 Å². The van der Waals surface area contributed by atoms with Crippen molar-refractivity contribution in [3.8, 4) is 0 Å². The Labute approximate surface area is 93.9 Å². The third kappa shape index (κ3) is 1.43. The van der Waals surface area contributed by atoms with Crippen LogP contribution in [0.1, 0.15) is 24.3 Å². The van der Waals surface area contributed by atoms with Crippen LogP contribution in [0.4, 0.5) is 5.69 Å². The van der Waals surface area contributed by atoms with Gasteiger partial charge in [0.25, 0.3) is 5.69 Å². The van der Waals surface area contributed by atoms with Gasteiger partial charge < -0.3 is 0 Å². The molecule has 3 heteroatoms. The van der Waals surface area contributed by atoms with Gasteiger partial charge in [-0.1, -0.05) is 24.3 Å². The predicted molar refractivity (Wildman–Crippen MR) is 61.2 cm³/mol. The maximum absolute atomic E-state index is 10.6. The highest BCUT2D eigenvalue weighted by atomic mass is 16.6. The van der Waals surface area contributed by atoms with Crippen LogP contribution in [0, 0.1) is 22.0 Å². The fraction of sp³-hybridized carbons (Fsp3) is 0.385. The van der Waals surface area contributed by atoms with Crippen molar-refractivity contribution in [3.63, 3.8) is 0 Å². The Morgan fingerprint density at radius 1 is 1.12 bits per heavy atom. The number of non-ortho nitro benzene ring substituents is 1. The number of rotatable bonds is 2. The van der Waals surface area contributed by atoms with Crippen molar-refractivity contribution in [1.82, 2.24) is 0 Å². The lowest BCUT2D eigenvalue weighted by molar-refractivity contribution is -0.384. The van der Waals surface area contributed by atoms with Crippen LogP contribution < -0.4 is 0 Å². The zero-order valence-electron chi connectivity index (χ0n) is 8.87. The number of benzene rings is 1. The van der Waals surface area contributed by atoms with Crippen LogP contribution in [0.3, 0.4) is 0 Å². The van der Waals surface area contributed by atoms with Crippen molar-refractivity contribution in [3.05, 3.63) is 52.1 Å². The standard InChI is InChI=1S/C13H13NO2/c15-14(16)12-5-3-10(4-6-12)13-8-9-1-2-11(13)7-9/h1-6,9,11,13H,7-8H2. The molecule has 1 aromatic rings. The third-order valence-electron chi connectivity index (χ3n) is 3.81. The van der Waals surface area contributed by atoms with Crippen LogP contribution in [0.2, 0.25) is 0 Å². The topological polar surface area (TPSA) is 43.1 Å². The fourth-order valence-electron chi connectivity index (χ4n) is 3.01. The monoisotopic (exact) mass is 215 g/mol. The van der Waals surface area contributed by atoms with E-state index in [2.05, 4.69) is 12.2 Å². The van der Waals surface area contributed by atoms with Crippen LogP contribution in [0.15, 0.2) is 36.4 Å². The van der Waals surface area contributed by atoms with Crippen molar-refractivity contribution in [2.45, 2.75) is 18.8 Å². The number of nitro benzene ring substituents is 1. The quantitative estimate of drug-likeness (QED) is 0.431. The Kier molecular flexibility index (Phi) is 2.06. The van der Waals surface area contributed by atoms with Gasteiger partial charge in [-0.25, -0.2) is 0 Å². The lowest BCUT2D eigenvalue weighted by Crippen LogP contribution is -2.04. The number of allylic oxidation sites excluding steroid dienone is 2. The van der Waals surface area contributed by atoms with Crippen molar-refractivity contribution in [2.24, 2.45) is 11.8 Å². The lowest BCUT2D eigenvalue weighted by Gasteiger charge is -2.18. The summed E-state index contributed by atoms with van der Waals surface area (Å²) in [6.45, 7) is 0. The van der Waals surface area contributed by atoms with E-state index < -0.39 is 0 Å². The molecule has 82 valence electrons. The van der Waals surface area contributed by atoms with E-state index in [1.54, 1.807) is 12.1 Å². The number of hydrogen-bond acceptors (Lipinski definition) is 2. The Hall–Kier alpha value is -1.64. The molecule has 0 aliphatic heterocycles. The molecule has 1 fully saturated rings. The van der Waals surface area contributed by atoms with Gasteiger partial charge in [0.05, 0.1) is 4.92 Å². The molecule has 1 aromatic carbocycles. The maximum Gasteiger partial charge on any atom is 0.269 e. The minimum absolute atomic E-state index is 0.183.